The molecular formula is C23H30N2O4S. The van der Waals surface area contributed by atoms with Crippen LogP contribution in [0.1, 0.15) is 49.8 Å². The number of rotatable bonds is 8. The molecule has 162 valence electrons. The van der Waals surface area contributed by atoms with Gasteiger partial charge in [0.25, 0.3) is 0 Å². The van der Waals surface area contributed by atoms with Gasteiger partial charge in [-0.2, -0.15) is 0 Å². The van der Waals surface area contributed by atoms with E-state index in [0.29, 0.717) is 38.5 Å². The van der Waals surface area contributed by atoms with Gasteiger partial charge in [-0.1, -0.05) is 56.3 Å². The number of benzene rings is 2. The molecule has 0 aromatic heterocycles. The number of hydrogen-bond acceptors (Lipinski definition) is 4. The van der Waals surface area contributed by atoms with Gasteiger partial charge in [-0.3, -0.25) is 4.79 Å². The van der Waals surface area contributed by atoms with Crippen LogP contribution in [0, 0.1) is 0 Å². The quantitative estimate of drug-likeness (QED) is 0.651. The molecule has 6 nitrogen and oxygen atoms in total. The summed E-state index contributed by atoms with van der Waals surface area (Å²) in [5.74, 6) is 0.377. The number of ether oxygens (including phenoxy) is 1. The highest BCUT2D eigenvalue weighted by molar-refractivity contribution is 7.89. The van der Waals surface area contributed by atoms with Gasteiger partial charge < -0.3 is 9.64 Å². The molecule has 1 atom stereocenters. The van der Waals surface area contributed by atoms with Crippen LogP contribution in [0.5, 0.6) is 0 Å². The lowest BCUT2D eigenvalue weighted by Gasteiger charge is -2.33. The van der Waals surface area contributed by atoms with Crippen LogP contribution < -0.4 is 4.72 Å². The fourth-order valence-electron chi connectivity index (χ4n) is 3.46. The van der Waals surface area contributed by atoms with E-state index in [0.717, 1.165) is 11.1 Å². The van der Waals surface area contributed by atoms with Gasteiger partial charge in [-0.05, 0) is 35.6 Å². The third-order valence-corrected chi connectivity index (χ3v) is 6.78. The molecule has 30 heavy (non-hydrogen) atoms. The molecule has 1 heterocycles. The zero-order chi connectivity index (χ0) is 21.6. The van der Waals surface area contributed by atoms with Crippen molar-refractivity contribution in [2.24, 2.45) is 0 Å². The summed E-state index contributed by atoms with van der Waals surface area (Å²) in [4.78, 5) is 14.6. The first-order valence-electron chi connectivity index (χ1n) is 10.4. The number of carbonyl (C=O) groups excluding carboxylic acids is 1. The van der Waals surface area contributed by atoms with Gasteiger partial charge in [0.2, 0.25) is 15.9 Å². The van der Waals surface area contributed by atoms with E-state index in [9.17, 15) is 13.2 Å². The Bertz CT molecular complexity index is 927. The van der Waals surface area contributed by atoms with Gasteiger partial charge in [-0.15, -0.1) is 0 Å². The van der Waals surface area contributed by atoms with Crippen molar-refractivity contribution >= 4 is 15.9 Å². The number of morpholine rings is 1. The molecule has 1 fully saturated rings. The average Bonchev–Trinajstić information content (AvgIpc) is 2.77. The van der Waals surface area contributed by atoms with Crippen LogP contribution in [0.3, 0.4) is 0 Å². The van der Waals surface area contributed by atoms with E-state index in [1.807, 2.05) is 42.5 Å². The summed E-state index contributed by atoms with van der Waals surface area (Å²) in [7, 11) is -3.57. The van der Waals surface area contributed by atoms with Crippen LogP contribution in [-0.4, -0.2) is 45.5 Å². The molecule has 1 saturated heterocycles. The van der Waals surface area contributed by atoms with E-state index < -0.39 is 10.0 Å². The van der Waals surface area contributed by atoms with Crippen molar-refractivity contribution in [3.8, 4) is 0 Å². The Hall–Kier alpha value is -2.22. The first kappa shape index (κ1) is 22.5. The monoisotopic (exact) mass is 430 g/mol. The van der Waals surface area contributed by atoms with Gasteiger partial charge in [0.05, 0.1) is 18.0 Å². The number of nitrogens with zero attached hydrogens (tertiary/aromatic N) is 1. The van der Waals surface area contributed by atoms with Gasteiger partial charge in [0.15, 0.2) is 0 Å². The van der Waals surface area contributed by atoms with E-state index in [1.54, 1.807) is 17.0 Å². The molecule has 0 bridgehead atoms. The van der Waals surface area contributed by atoms with Crippen molar-refractivity contribution in [3.63, 3.8) is 0 Å². The molecule has 1 amide bonds. The zero-order valence-corrected chi connectivity index (χ0v) is 18.4. The second kappa shape index (κ2) is 10.2. The summed E-state index contributed by atoms with van der Waals surface area (Å²) in [6.07, 6.45) is 0.641. The summed E-state index contributed by atoms with van der Waals surface area (Å²) in [5.41, 5.74) is 2.16. The number of nitrogens with one attached hydrogen (secondary N) is 1. The Kier molecular flexibility index (Phi) is 7.64. The maximum absolute atomic E-state index is 12.6. The maximum Gasteiger partial charge on any atom is 0.240 e. The summed E-state index contributed by atoms with van der Waals surface area (Å²) in [6, 6.07) is 16.8. The predicted octanol–water partition coefficient (Wildman–Crippen LogP) is 3.47. The Morgan fingerprint density at radius 2 is 1.83 bits per heavy atom. The number of sulfonamides is 1. The SMILES string of the molecule is CC(C)c1ccc(S(=O)(=O)NCCCC(=O)N2CCOC(c3ccccc3)C2)cc1. The van der Waals surface area contributed by atoms with E-state index in [4.69, 9.17) is 4.74 Å². The highest BCUT2D eigenvalue weighted by Gasteiger charge is 2.25. The number of carbonyl (C=O) groups is 1. The van der Waals surface area contributed by atoms with Gasteiger partial charge in [-0.25, -0.2) is 13.1 Å². The van der Waals surface area contributed by atoms with E-state index in [-0.39, 0.29) is 23.5 Å². The topological polar surface area (TPSA) is 75.7 Å². The minimum atomic E-state index is -3.57. The predicted molar refractivity (Wildman–Crippen MR) is 117 cm³/mol. The van der Waals surface area contributed by atoms with Crippen molar-refractivity contribution < 1.29 is 17.9 Å². The van der Waals surface area contributed by atoms with Crippen LogP contribution in [0.2, 0.25) is 0 Å². The molecule has 1 aliphatic heterocycles. The van der Waals surface area contributed by atoms with Crippen LogP contribution >= 0.6 is 0 Å². The molecule has 7 heteroatoms. The normalized spacial score (nSPS) is 17.3. The standard InChI is InChI=1S/C23H30N2O4S/c1-18(2)19-10-12-21(13-11-19)30(27,28)24-14-6-9-23(26)25-15-16-29-22(17-25)20-7-4-3-5-8-20/h3-5,7-8,10-13,18,22,24H,6,9,14-17H2,1-2H3. The summed E-state index contributed by atoms with van der Waals surface area (Å²) in [5, 5.41) is 0. The molecule has 0 aliphatic carbocycles. The number of amides is 1. The third-order valence-electron chi connectivity index (χ3n) is 5.31. The first-order chi connectivity index (χ1) is 14.4. The molecular weight excluding hydrogens is 400 g/mol. The van der Waals surface area contributed by atoms with Gasteiger partial charge >= 0.3 is 0 Å². The summed E-state index contributed by atoms with van der Waals surface area (Å²) >= 11 is 0. The van der Waals surface area contributed by atoms with Crippen molar-refractivity contribution in [1.82, 2.24) is 9.62 Å². The molecule has 3 rings (SSSR count). The second-order valence-electron chi connectivity index (χ2n) is 7.83. The Labute approximate surface area is 179 Å². The van der Waals surface area contributed by atoms with Gasteiger partial charge in [0, 0.05) is 19.5 Å². The second-order valence-corrected chi connectivity index (χ2v) is 9.60. The van der Waals surface area contributed by atoms with Crippen LogP contribution in [-0.2, 0) is 19.6 Å². The lowest BCUT2D eigenvalue weighted by atomic mass is 10.0. The largest absolute Gasteiger partial charge is 0.370 e. The Balaban J connectivity index is 1.46. The first-order valence-corrected chi connectivity index (χ1v) is 11.9. The summed E-state index contributed by atoms with van der Waals surface area (Å²) < 4.78 is 33.3. The summed E-state index contributed by atoms with van der Waals surface area (Å²) in [6.45, 7) is 5.95. The molecule has 0 saturated carbocycles. The fraction of sp³-hybridized carbons (Fsp3) is 0.435. The Morgan fingerprint density at radius 3 is 2.50 bits per heavy atom. The number of hydrogen-bond donors (Lipinski definition) is 1. The van der Waals surface area contributed by atoms with E-state index in [1.165, 1.54) is 0 Å². The van der Waals surface area contributed by atoms with Crippen molar-refractivity contribution in [3.05, 3.63) is 65.7 Å². The minimum Gasteiger partial charge on any atom is -0.370 e. The maximum atomic E-state index is 12.6. The van der Waals surface area contributed by atoms with Crippen molar-refractivity contribution in [2.75, 3.05) is 26.2 Å². The van der Waals surface area contributed by atoms with Crippen molar-refractivity contribution in [2.45, 2.75) is 43.6 Å². The lowest BCUT2D eigenvalue weighted by molar-refractivity contribution is -0.139. The molecule has 0 spiro atoms. The molecule has 1 N–H and O–H groups in total. The van der Waals surface area contributed by atoms with Crippen LogP contribution in [0.4, 0.5) is 0 Å². The smallest absolute Gasteiger partial charge is 0.240 e. The van der Waals surface area contributed by atoms with E-state index in [2.05, 4.69) is 18.6 Å². The molecule has 1 aliphatic rings. The Morgan fingerprint density at radius 1 is 1.13 bits per heavy atom. The van der Waals surface area contributed by atoms with Crippen LogP contribution in [0.15, 0.2) is 59.5 Å². The lowest BCUT2D eigenvalue weighted by Crippen LogP contribution is -2.42. The highest BCUT2D eigenvalue weighted by Crippen LogP contribution is 2.22. The van der Waals surface area contributed by atoms with Crippen molar-refractivity contribution in [1.29, 1.82) is 0 Å². The molecule has 2 aromatic rings. The minimum absolute atomic E-state index is 0.0275. The fourth-order valence-corrected chi connectivity index (χ4v) is 4.54. The van der Waals surface area contributed by atoms with Crippen LogP contribution in [0.25, 0.3) is 0 Å². The van der Waals surface area contributed by atoms with E-state index >= 15 is 0 Å². The average molecular weight is 431 g/mol. The third kappa shape index (κ3) is 5.90. The highest BCUT2D eigenvalue weighted by atomic mass is 32.2. The zero-order valence-electron chi connectivity index (χ0n) is 17.6. The molecule has 1 unspecified atom stereocenters. The molecule has 0 radical (unpaired) electrons. The molecule has 2 aromatic carbocycles. The van der Waals surface area contributed by atoms with Gasteiger partial charge in [0.1, 0.15) is 6.10 Å².